The van der Waals surface area contributed by atoms with Gasteiger partial charge >= 0.3 is 0 Å². The van der Waals surface area contributed by atoms with Gasteiger partial charge in [-0.25, -0.2) is 5.90 Å². The van der Waals surface area contributed by atoms with Crippen molar-refractivity contribution in [3.05, 3.63) is 0 Å². The van der Waals surface area contributed by atoms with Crippen LogP contribution in [0.3, 0.4) is 0 Å². The van der Waals surface area contributed by atoms with Crippen molar-refractivity contribution < 1.29 is 4.84 Å². The molecule has 42 valence electrons. The lowest BCUT2D eigenvalue weighted by Crippen LogP contribution is -2.07. The predicted molar refractivity (Wildman–Crippen MR) is 32.4 cm³/mol. The fourth-order valence-corrected chi connectivity index (χ4v) is 0.435. The van der Waals surface area contributed by atoms with Gasteiger partial charge in [0.25, 0.3) is 0 Å². The molecule has 2 nitrogen and oxygen atoms in total. The van der Waals surface area contributed by atoms with E-state index in [1.165, 1.54) is 12.7 Å². The second kappa shape index (κ2) is 5.98. The highest BCUT2D eigenvalue weighted by atomic mass is 16.6. The van der Waals surface area contributed by atoms with Crippen LogP contribution in [0.5, 0.6) is 0 Å². The molecule has 0 spiro atoms. The molecule has 0 aliphatic carbocycles. The largest absolute Gasteiger partial charge is 0.313 e. The lowest BCUT2D eigenvalue weighted by molar-refractivity contribution is 0.183. The molecule has 0 fully saturated rings. The molecule has 0 aromatic carbocycles. The van der Waals surface area contributed by atoms with Crippen LogP contribution in [0, 0.1) is 0 Å². The van der Waals surface area contributed by atoms with E-state index in [-0.39, 0.29) is 0 Å². The van der Waals surface area contributed by atoms with Crippen molar-refractivity contribution in [1.29, 1.82) is 0 Å². The molecule has 0 saturated carbocycles. The van der Waals surface area contributed by atoms with Crippen LogP contribution >= 0.6 is 0 Å². The maximum atomic E-state index is 4.77. The van der Waals surface area contributed by atoms with E-state index >= 15 is 0 Å². The average molecular weight is 101 g/mol. The number of hydrogen-bond acceptors (Lipinski definition) is 2. The maximum absolute atomic E-state index is 4.77. The zero-order valence-electron chi connectivity index (χ0n) is 4.81. The first-order chi connectivity index (χ1) is 3.41. The van der Waals surface area contributed by atoms with Crippen LogP contribution < -0.4 is 5.90 Å². The Morgan fingerprint density at radius 3 is 2.86 bits per heavy atom. The molecule has 0 aliphatic rings. The van der Waals surface area contributed by atoms with E-state index < -0.39 is 0 Å². The van der Waals surface area contributed by atoms with Crippen LogP contribution in [-0.2, 0) is 4.84 Å². The Hall–Kier alpha value is -0.0151. The smallest absolute Gasteiger partial charge is 0.156 e. The van der Waals surface area contributed by atoms with Gasteiger partial charge in [0.2, 0.25) is 0 Å². The summed E-state index contributed by atoms with van der Waals surface area (Å²) in [6, 6.07) is 0. The zero-order chi connectivity index (χ0) is 5.54. The Balaban J connectivity index is 2.45. The quantitative estimate of drug-likeness (QED) is 0.309. The van der Waals surface area contributed by atoms with Gasteiger partial charge in [0.15, 0.2) is 7.28 Å². The SMILES string of the molecule is CCCBCON. The summed E-state index contributed by atoms with van der Waals surface area (Å²) < 4.78 is 0. The van der Waals surface area contributed by atoms with Gasteiger partial charge in [-0.15, -0.1) is 0 Å². The molecule has 0 aliphatic heterocycles. The lowest BCUT2D eigenvalue weighted by Gasteiger charge is -1.89. The Bertz CT molecular complexity index is 30.9. The summed E-state index contributed by atoms with van der Waals surface area (Å²) in [6.45, 7) is 2.85. The van der Waals surface area contributed by atoms with Crippen molar-refractivity contribution in [2.24, 2.45) is 5.90 Å². The first-order valence-corrected chi connectivity index (χ1v) is 2.73. The van der Waals surface area contributed by atoms with Crippen molar-refractivity contribution in [3.63, 3.8) is 0 Å². The van der Waals surface area contributed by atoms with Gasteiger partial charge in [-0.3, -0.25) is 0 Å². The minimum atomic E-state index is 0.702. The molecule has 0 saturated heterocycles. The molecule has 0 heterocycles. The van der Waals surface area contributed by atoms with E-state index in [4.69, 9.17) is 5.90 Å². The number of rotatable bonds is 4. The van der Waals surface area contributed by atoms with Crippen LogP contribution in [-0.4, -0.2) is 13.8 Å². The van der Waals surface area contributed by atoms with E-state index in [1.807, 2.05) is 0 Å². The molecule has 0 aromatic rings. The molecule has 3 heteroatoms. The van der Waals surface area contributed by atoms with E-state index in [9.17, 15) is 0 Å². The van der Waals surface area contributed by atoms with Crippen molar-refractivity contribution in [1.82, 2.24) is 0 Å². The summed E-state index contributed by atoms with van der Waals surface area (Å²) in [7, 11) is 1.09. The minimum Gasteiger partial charge on any atom is -0.313 e. The number of nitrogens with two attached hydrogens (primary N) is 1. The first-order valence-electron chi connectivity index (χ1n) is 2.73. The van der Waals surface area contributed by atoms with Gasteiger partial charge in [-0.2, -0.15) is 0 Å². The normalized spacial score (nSPS) is 8.86. The molecular weight excluding hydrogens is 88.9 g/mol. The highest BCUT2D eigenvalue weighted by molar-refractivity contribution is 6.35. The average Bonchev–Trinajstić information content (AvgIpc) is 1.69. The van der Waals surface area contributed by atoms with Gasteiger partial charge in [0, 0.05) is 6.51 Å². The highest BCUT2D eigenvalue weighted by Gasteiger charge is 1.84. The summed E-state index contributed by atoms with van der Waals surface area (Å²) in [5.74, 6) is 4.77. The molecule has 0 rings (SSSR count). The maximum Gasteiger partial charge on any atom is 0.156 e. The monoisotopic (exact) mass is 101 g/mol. The third-order valence-corrected chi connectivity index (χ3v) is 0.866. The third-order valence-electron chi connectivity index (χ3n) is 0.866. The summed E-state index contributed by atoms with van der Waals surface area (Å²) in [5, 5.41) is 0. The molecule has 0 amide bonds. The second-order valence-corrected chi connectivity index (χ2v) is 1.58. The van der Waals surface area contributed by atoms with E-state index in [2.05, 4.69) is 11.8 Å². The van der Waals surface area contributed by atoms with Gasteiger partial charge in [-0.05, 0) is 0 Å². The summed E-state index contributed by atoms with van der Waals surface area (Å²) in [4.78, 5) is 4.34. The summed E-state index contributed by atoms with van der Waals surface area (Å²) in [5.41, 5.74) is 0. The van der Waals surface area contributed by atoms with Gasteiger partial charge in [-0.1, -0.05) is 19.7 Å². The molecule has 0 atom stereocenters. The number of hydrogen-bond donors (Lipinski definition) is 1. The van der Waals surface area contributed by atoms with Crippen LogP contribution in [0.4, 0.5) is 0 Å². The van der Waals surface area contributed by atoms with Gasteiger partial charge < -0.3 is 4.84 Å². The molecule has 0 radical (unpaired) electrons. The van der Waals surface area contributed by atoms with Gasteiger partial charge in [0.1, 0.15) is 0 Å². The first kappa shape index (κ1) is 6.98. The minimum absolute atomic E-state index is 0.702. The molecule has 7 heavy (non-hydrogen) atoms. The van der Waals surface area contributed by atoms with Crippen molar-refractivity contribution >= 4 is 7.28 Å². The zero-order valence-corrected chi connectivity index (χ0v) is 4.81. The second-order valence-electron chi connectivity index (χ2n) is 1.58. The predicted octanol–water partition coefficient (Wildman–Crippen LogP) is 0.0990. The Kier molecular flexibility index (Phi) is 5.97. The standard InChI is InChI=1S/C4H12BNO/c1-2-3-5-4-7-6/h5H,2-4,6H2,1H3. The van der Waals surface area contributed by atoms with E-state index in [0.717, 1.165) is 7.28 Å². The van der Waals surface area contributed by atoms with Crippen molar-refractivity contribution in [2.75, 3.05) is 6.51 Å². The van der Waals surface area contributed by atoms with Crippen LogP contribution in [0.25, 0.3) is 0 Å². The fraction of sp³-hybridized carbons (Fsp3) is 1.00. The van der Waals surface area contributed by atoms with Crippen LogP contribution in [0.1, 0.15) is 13.3 Å². The molecule has 0 aromatic heterocycles. The van der Waals surface area contributed by atoms with Crippen molar-refractivity contribution in [2.45, 2.75) is 19.7 Å². The lowest BCUT2D eigenvalue weighted by atomic mass is 9.75. The highest BCUT2D eigenvalue weighted by Crippen LogP contribution is 1.82. The fourth-order valence-electron chi connectivity index (χ4n) is 0.435. The third kappa shape index (κ3) is 5.98. The Labute approximate surface area is 45.2 Å². The molecule has 0 unspecified atom stereocenters. The molecule has 0 bridgehead atoms. The molecule has 2 N–H and O–H groups in total. The Morgan fingerprint density at radius 1 is 1.71 bits per heavy atom. The van der Waals surface area contributed by atoms with Crippen molar-refractivity contribution in [3.8, 4) is 0 Å². The summed E-state index contributed by atoms with van der Waals surface area (Å²) in [6.07, 6.45) is 2.45. The Morgan fingerprint density at radius 2 is 2.43 bits per heavy atom. The van der Waals surface area contributed by atoms with E-state index in [0.29, 0.717) is 6.51 Å². The van der Waals surface area contributed by atoms with Crippen LogP contribution in [0.15, 0.2) is 0 Å². The summed E-state index contributed by atoms with van der Waals surface area (Å²) >= 11 is 0. The van der Waals surface area contributed by atoms with E-state index in [1.54, 1.807) is 0 Å². The molecular formula is C4H12BNO. The topological polar surface area (TPSA) is 35.2 Å². The van der Waals surface area contributed by atoms with Gasteiger partial charge in [0.05, 0.1) is 0 Å². The van der Waals surface area contributed by atoms with Crippen LogP contribution in [0.2, 0.25) is 6.32 Å².